The molecule has 0 heterocycles. The third-order valence-corrected chi connectivity index (χ3v) is 2.76. The number of carboxylic acid groups (broad SMARTS) is 1. The number of carbonyl (C=O) groups is 1. The van der Waals surface area contributed by atoms with E-state index in [0.717, 1.165) is 12.8 Å². The number of hydrogen-bond donors (Lipinski definition) is 1. The molecule has 3 nitrogen and oxygen atoms in total. The Kier molecular flexibility index (Phi) is 6.42. The molecule has 1 aliphatic carbocycles. The van der Waals surface area contributed by atoms with Gasteiger partial charge in [0.25, 0.3) is 0 Å². The van der Waals surface area contributed by atoms with Crippen LogP contribution in [0, 0.1) is 11.8 Å². The van der Waals surface area contributed by atoms with E-state index in [9.17, 15) is 4.79 Å². The van der Waals surface area contributed by atoms with E-state index in [4.69, 9.17) is 9.84 Å². The zero-order valence-electron chi connectivity index (χ0n) is 10.4. The van der Waals surface area contributed by atoms with Crippen molar-refractivity contribution in [2.24, 2.45) is 0 Å². The molecule has 0 aromatic carbocycles. The Morgan fingerprint density at radius 1 is 1.47 bits per heavy atom. The maximum absolute atomic E-state index is 10.5. The molecule has 94 valence electrons. The summed E-state index contributed by atoms with van der Waals surface area (Å²) in [5, 5.41) is 8.67. The summed E-state index contributed by atoms with van der Waals surface area (Å²) in [6.45, 7) is 2.14. The molecule has 3 heteroatoms. The summed E-state index contributed by atoms with van der Waals surface area (Å²) in [4.78, 5) is 10.5. The highest BCUT2D eigenvalue weighted by Crippen LogP contribution is 2.11. The summed E-state index contributed by atoms with van der Waals surface area (Å²) in [6, 6.07) is 0. The van der Waals surface area contributed by atoms with Crippen LogP contribution < -0.4 is 0 Å². The predicted octanol–water partition coefficient (Wildman–Crippen LogP) is 2.76. The van der Waals surface area contributed by atoms with E-state index in [0.29, 0.717) is 18.6 Å². The van der Waals surface area contributed by atoms with Crippen LogP contribution in [-0.4, -0.2) is 23.8 Å². The predicted molar refractivity (Wildman–Crippen MR) is 66.6 cm³/mol. The van der Waals surface area contributed by atoms with Gasteiger partial charge in [-0.05, 0) is 32.6 Å². The van der Waals surface area contributed by atoms with Crippen LogP contribution in [0.1, 0.15) is 45.4 Å². The summed E-state index contributed by atoms with van der Waals surface area (Å²) in [5.41, 5.74) is 0.373. The fraction of sp³-hybridized carbons (Fsp3) is 0.643. The Labute approximate surface area is 103 Å². The Hall–Kier alpha value is -1.27. The first-order valence-electron chi connectivity index (χ1n) is 6.20. The molecule has 1 unspecified atom stereocenters. The number of aliphatic carboxylic acids is 1. The smallest absolute Gasteiger partial charge is 0.330 e. The van der Waals surface area contributed by atoms with Gasteiger partial charge in [-0.3, -0.25) is 0 Å². The first-order valence-corrected chi connectivity index (χ1v) is 6.20. The molecule has 1 aliphatic rings. The van der Waals surface area contributed by atoms with E-state index in [1.54, 1.807) is 13.0 Å². The Morgan fingerprint density at radius 2 is 2.29 bits per heavy atom. The van der Waals surface area contributed by atoms with Gasteiger partial charge in [-0.1, -0.05) is 18.4 Å². The average Bonchev–Trinajstić information content (AvgIpc) is 2.25. The van der Waals surface area contributed by atoms with Crippen LogP contribution in [0.15, 0.2) is 11.6 Å². The molecule has 0 aliphatic heterocycles. The van der Waals surface area contributed by atoms with E-state index in [2.05, 4.69) is 11.8 Å². The van der Waals surface area contributed by atoms with E-state index in [1.165, 1.54) is 19.3 Å². The first-order chi connectivity index (χ1) is 8.20. The van der Waals surface area contributed by atoms with E-state index >= 15 is 0 Å². The minimum absolute atomic E-state index is 0.0360. The largest absolute Gasteiger partial charge is 0.478 e. The number of rotatable bonds is 5. The van der Waals surface area contributed by atoms with Crippen LogP contribution in [0.3, 0.4) is 0 Å². The molecular formula is C14H20O3. The van der Waals surface area contributed by atoms with Gasteiger partial charge in [0.05, 0.1) is 6.61 Å². The second-order valence-corrected chi connectivity index (χ2v) is 4.26. The Bertz CT molecular complexity index is 333. The van der Waals surface area contributed by atoms with Gasteiger partial charge in [-0.2, -0.15) is 0 Å². The van der Waals surface area contributed by atoms with Gasteiger partial charge in [0.15, 0.2) is 0 Å². The summed E-state index contributed by atoms with van der Waals surface area (Å²) >= 11 is 0. The van der Waals surface area contributed by atoms with Crippen molar-refractivity contribution in [1.29, 1.82) is 0 Å². The lowest BCUT2D eigenvalue weighted by molar-refractivity contribution is -0.132. The topological polar surface area (TPSA) is 46.5 Å². The highest BCUT2D eigenvalue weighted by molar-refractivity contribution is 5.85. The highest BCUT2D eigenvalue weighted by Gasteiger charge is 2.06. The molecule has 0 fully saturated rings. The lowest BCUT2D eigenvalue weighted by Crippen LogP contribution is -2.12. The molecule has 1 N–H and O–H groups in total. The molecule has 0 spiro atoms. The van der Waals surface area contributed by atoms with Gasteiger partial charge in [0.2, 0.25) is 0 Å². The van der Waals surface area contributed by atoms with Gasteiger partial charge >= 0.3 is 5.97 Å². The number of carboxylic acids is 1. The van der Waals surface area contributed by atoms with Crippen molar-refractivity contribution >= 4 is 5.97 Å². The molecular weight excluding hydrogens is 216 g/mol. The molecule has 0 radical (unpaired) electrons. The summed E-state index contributed by atoms with van der Waals surface area (Å²) in [6.07, 6.45) is 7.92. The molecule has 1 rings (SSSR count). The minimum Gasteiger partial charge on any atom is -0.478 e. The van der Waals surface area contributed by atoms with E-state index in [-0.39, 0.29) is 6.10 Å². The van der Waals surface area contributed by atoms with E-state index in [1.807, 2.05) is 0 Å². The third kappa shape index (κ3) is 6.13. The normalized spacial score (nSPS) is 21.0. The van der Waals surface area contributed by atoms with Crippen molar-refractivity contribution in [3.63, 3.8) is 0 Å². The van der Waals surface area contributed by atoms with Crippen LogP contribution in [-0.2, 0) is 9.53 Å². The summed E-state index contributed by atoms with van der Waals surface area (Å²) in [7, 11) is 0. The first kappa shape index (κ1) is 13.8. The zero-order chi connectivity index (χ0) is 12.5. The molecule has 0 amide bonds. The number of hydrogen-bond acceptors (Lipinski definition) is 2. The fourth-order valence-electron chi connectivity index (χ4n) is 1.68. The fourth-order valence-corrected chi connectivity index (χ4v) is 1.68. The van der Waals surface area contributed by atoms with Crippen molar-refractivity contribution in [2.45, 2.75) is 51.6 Å². The maximum atomic E-state index is 10.5. The molecule has 0 aromatic heterocycles. The summed E-state index contributed by atoms with van der Waals surface area (Å²) < 4.78 is 5.64. The van der Waals surface area contributed by atoms with Crippen molar-refractivity contribution in [1.82, 2.24) is 0 Å². The molecule has 0 saturated heterocycles. The maximum Gasteiger partial charge on any atom is 0.330 e. The quantitative estimate of drug-likeness (QED) is 0.453. The second kappa shape index (κ2) is 7.92. The average molecular weight is 236 g/mol. The van der Waals surface area contributed by atoms with Crippen LogP contribution >= 0.6 is 0 Å². The number of ether oxygens (including phenoxy) is 1. The molecule has 0 aromatic rings. The highest BCUT2D eigenvalue weighted by atomic mass is 16.5. The van der Waals surface area contributed by atoms with Gasteiger partial charge < -0.3 is 9.84 Å². The van der Waals surface area contributed by atoms with Gasteiger partial charge in [0.1, 0.15) is 6.10 Å². The second-order valence-electron chi connectivity index (χ2n) is 4.26. The lowest BCUT2D eigenvalue weighted by Gasteiger charge is -2.13. The van der Waals surface area contributed by atoms with Crippen molar-refractivity contribution in [3.8, 4) is 11.8 Å². The Morgan fingerprint density at radius 3 is 3.06 bits per heavy atom. The lowest BCUT2D eigenvalue weighted by atomic mass is 10.1. The SMILES string of the molecule is CC(=CCCOC1C#CCCCCC1)C(=O)O. The van der Waals surface area contributed by atoms with Gasteiger partial charge in [-0.15, -0.1) is 5.92 Å². The van der Waals surface area contributed by atoms with Crippen LogP contribution in [0.2, 0.25) is 0 Å². The molecule has 1 atom stereocenters. The van der Waals surface area contributed by atoms with Gasteiger partial charge in [0, 0.05) is 12.0 Å². The molecule has 17 heavy (non-hydrogen) atoms. The van der Waals surface area contributed by atoms with Gasteiger partial charge in [-0.25, -0.2) is 4.79 Å². The minimum atomic E-state index is -0.865. The van der Waals surface area contributed by atoms with Crippen LogP contribution in [0.4, 0.5) is 0 Å². The van der Waals surface area contributed by atoms with Crippen molar-refractivity contribution < 1.29 is 14.6 Å². The third-order valence-electron chi connectivity index (χ3n) is 2.76. The van der Waals surface area contributed by atoms with Crippen LogP contribution in [0.25, 0.3) is 0 Å². The monoisotopic (exact) mass is 236 g/mol. The van der Waals surface area contributed by atoms with E-state index < -0.39 is 5.97 Å². The van der Waals surface area contributed by atoms with Crippen molar-refractivity contribution in [3.05, 3.63) is 11.6 Å². The molecule has 0 bridgehead atoms. The standard InChI is InChI=1S/C14H20O3/c1-12(14(15)16)8-7-11-17-13-9-5-3-2-4-6-10-13/h8,13H,2-5,7,9,11H2,1H3,(H,15,16). The van der Waals surface area contributed by atoms with Crippen molar-refractivity contribution in [2.75, 3.05) is 6.61 Å². The summed E-state index contributed by atoms with van der Waals surface area (Å²) in [5.74, 6) is 5.38. The molecule has 0 saturated carbocycles. The Balaban J connectivity index is 2.25. The van der Waals surface area contributed by atoms with Crippen LogP contribution in [0.5, 0.6) is 0 Å². The zero-order valence-corrected chi connectivity index (χ0v) is 10.4.